The largest absolute Gasteiger partial charge is 0.348 e. The highest BCUT2D eigenvalue weighted by molar-refractivity contribution is 7.15. The van der Waals surface area contributed by atoms with E-state index in [-0.39, 0.29) is 6.04 Å². The second-order valence-electron chi connectivity index (χ2n) is 6.55. The second kappa shape index (κ2) is 6.63. The number of anilines is 1. The van der Waals surface area contributed by atoms with Gasteiger partial charge in [0.05, 0.1) is 5.69 Å². The third-order valence-corrected chi connectivity index (χ3v) is 6.30. The number of nitrogens with zero attached hydrogens (tertiary/aromatic N) is 3. The summed E-state index contributed by atoms with van der Waals surface area (Å²) in [6.45, 7) is 9.05. The molecule has 0 radical (unpaired) electrons. The van der Waals surface area contributed by atoms with Gasteiger partial charge in [0, 0.05) is 30.1 Å². The quantitative estimate of drug-likeness (QED) is 0.932. The minimum atomic E-state index is 0.0992. The molecular weight excluding hydrogens is 280 g/mol. The van der Waals surface area contributed by atoms with Crippen LogP contribution in [-0.2, 0) is 0 Å². The molecule has 3 rings (SSSR count). The smallest absolute Gasteiger partial charge is 0.185 e. The topological polar surface area (TPSA) is 45.4 Å². The van der Waals surface area contributed by atoms with Crippen molar-refractivity contribution in [1.29, 1.82) is 0 Å². The molecule has 1 aromatic heterocycles. The van der Waals surface area contributed by atoms with Crippen molar-refractivity contribution < 1.29 is 0 Å². The van der Waals surface area contributed by atoms with Gasteiger partial charge in [0.15, 0.2) is 5.13 Å². The first-order chi connectivity index (χ1) is 10.1. The molecule has 21 heavy (non-hydrogen) atoms. The molecular formula is C16H28N4S. The molecule has 2 saturated heterocycles. The van der Waals surface area contributed by atoms with Gasteiger partial charge in [0.2, 0.25) is 0 Å². The second-order valence-corrected chi connectivity index (χ2v) is 7.56. The van der Waals surface area contributed by atoms with Crippen molar-refractivity contribution in [2.45, 2.75) is 58.0 Å². The van der Waals surface area contributed by atoms with Crippen LogP contribution in [0.15, 0.2) is 0 Å². The van der Waals surface area contributed by atoms with Gasteiger partial charge in [-0.3, -0.25) is 0 Å². The van der Waals surface area contributed by atoms with Gasteiger partial charge in [-0.05, 0) is 52.6 Å². The summed E-state index contributed by atoms with van der Waals surface area (Å²) in [6.07, 6.45) is 6.78. The maximum absolute atomic E-state index is 6.02. The van der Waals surface area contributed by atoms with Crippen LogP contribution in [0.3, 0.4) is 0 Å². The zero-order valence-electron chi connectivity index (χ0n) is 13.3. The molecule has 0 aromatic carbocycles. The molecule has 118 valence electrons. The summed E-state index contributed by atoms with van der Waals surface area (Å²) in [5.41, 5.74) is 7.14. The van der Waals surface area contributed by atoms with Crippen LogP contribution in [0, 0.1) is 6.92 Å². The van der Waals surface area contributed by atoms with Gasteiger partial charge in [0.25, 0.3) is 0 Å². The summed E-state index contributed by atoms with van der Waals surface area (Å²) in [4.78, 5) is 11.2. The van der Waals surface area contributed by atoms with Crippen LogP contribution in [0.1, 0.15) is 55.6 Å². The van der Waals surface area contributed by atoms with E-state index in [9.17, 15) is 0 Å². The number of nitrogens with two attached hydrogens (primary N) is 1. The third kappa shape index (κ3) is 3.41. The van der Waals surface area contributed by atoms with Crippen LogP contribution in [0.4, 0.5) is 5.13 Å². The molecule has 1 unspecified atom stereocenters. The Kier molecular flexibility index (Phi) is 4.82. The van der Waals surface area contributed by atoms with E-state index in [4.69, 9.17) is 10.7 Å². The number of hydrogen-bond acceptors (Lipinski definition) is 5. The van der Waals surface area contributed by atoms with Gasteiger partial charge >= 0.3 is 0 Å². The maximum atomic E-state index is 6.02. The fourth-order valence-corrected chi connectivity index (χ4v) is 4.73. The van der Waals surface area contributed by atoms with Crippen LogP contribution < -0.4 is 10.6 Å². The Bertz CT molecular complexity index is 457. The van der Waals surface area contributed by atoms with Crippen molar-refractivity contribution in [2.75, 3.05) is 31.1 Å². The first-order valence-corrected chi connectivity index (χ1v) is 9.18. The lowest BCUT2D eigenvalue weighted by molar-refractivity contribution is 0.141. The molecule has 0 aliphatic carbocycles. The Hall–Kier alpha value is -0.650. The predicted molar refractivity (Wildman–Crippen MR) is 90.1 cm³/mol. The molecule has 3 heterocycles. The van der Waals surface area contributed by atoms with E-state index in [2.05, 4.69) is 16.7 Å². The van der Waals surface area contributed by atoms with Crippen LogP contribution in [0.25, 0.3) is 0 Å². The maximum Gasteiger partial charge on any atom is 0.185 e. The summed E-state index contributed by atoms with van der Waals surface area (Å²) in [5, 5.41) is 1.18. The Labute approximate surface area is 132 Å². The van der Waals surface area contributed by atoms with Crippen LogP contribution >= 0.6 is 11.3 Å². The van der Waals surface area contributed by atoms with Crippen molar-refractivity contribution in [2.24, 2.45) is 5.73 Å². The highest BCUT2D eigenvalue weighted by atomic mass is 32.1. The Balaban J connectivity index is 1.59. The SMILES string of the molecule is Cc1nc(N2CCC(N3CCCCC3)CC2)sc1C(C)N. The first kappa shape index (κ1) is 15.3. The monoisotopic (exact) mass is 308 g/mol. The number of thiazole rings is 1. The van der Waals surface area contributed by atoms with E-state index in [0.717, 1.165) is 24.8 Å². The molecule has 5 heteroatoms. The summed E-state index contributed by atoms with van der Waals surface area (Å²) in [6, 6.07) is 0.901. The molecule has 0 spiro atoms. The van der Waals surface area contributed by atoms with Gasteiger partial charge in [-0.25, -0.2) is 4.98 Å². The van der Waals surface area contributed by atoms with Crippen molar-refractivity contribution in [3.8, 4) is 0 Å². The van der Waals surface area contributed by atoms with E-state index in [1.165, 1.54) is 55.2 Å². The molecule has 2 aliphatic rings. The Morgan fingerprint density at radius 3 is 2.38 bits per heavy atom. The van der Waals surface area contributed by atoms with E-state index in [0.29, 0.717) is 0 Å². The highest BCUT2D eigenvalue weighted by Gasteiger charge is 2.27. The molecule has 2 aliphatic heterocycles. The average molecular weight is 308 g/mol. The zero-order chi connectivity index (χ0) is 14.8. The van der Waals surface area contributed by atoms with E-state index < -0.39 is 0 Å². The standard InChI is InChI=1S/C16H28N4S/c1-12(17)15-13(2)18-16(21-15)20-10-6-14(7-11-20)19-8-4-3-5-9-19/h12,14H,3-11,17H2,1-2H3. The Morgan fingerprint density at radius 2 is 1.81 bits per heavy atom. The number of rotatable bonds is 3. The van der Waals surface area contributed by atoms with Crippen molar-refractivity contribution in [3.63, 3.8) is 0 Å². The predicted octanol–water partition coefficient (Wildman–Crippen LogP) is 2.93. The number of piperidine rings is 2. The van der Waals surface area contributed by atoms with Gasteiger partial charge in [-0.1, -0.05) is 6.42 Å². The lowest BCUT2D eigenvalue weighted by Crippen LogP contribution is -2.46. The molecule has 0 bridgehead atoms. The van der Waals surface area contributed by atoms with Crippen LogP contribution in [0.2, 0.25) is 0 Å². The molecule has 1 atom stereocenters. The Morgan fingerprint density at radius 1 is 1.14 bits per heavy atom. The molecule has 2 N–H and O–H groups in total. The lowest BCUT2D eigenvalue weighted by atomic mass is 10.0. The molecule has 2 fully saturated rings. The molecule has 4 nitrogen and oxygen atoms in total. The van der Waals surface area contributed by atoms with Crippen LogP contribution in [-0.4, -0.2) is 42.1 Å². The number of aryl methyl sites for hydroxylation is 1. The summed E-state index contributed by atoms with van der Waals surface area (Å²) >= 11 is 1.79. The minimum absolute atomic E-state index is 0.0992. The summed E-state index contributed by atoms with van der Waals surface area (Å²) in [5.74, 6) is 0. The normalized spacial score (nSPS) is 23.5. The zero-order valence-corrected chi connectivity index (χ0v) is 14.2. The van der Waals surface area contributed by atoms with Gasteiger partial charge < -0.3 is 15.5 Å². The number of likely N-dealkylation sites (tertiary alicyclic amines) is 1. The molecule has 1 aromatic rings. The third-order valence-electron chi connectivity index (χ3n) is 4.88. The highest BCUT2D eigenvalue weighted by Crippen LogP contribution is 2.32. The van der Waals surface area contributed by atoms with E-state index >= 15 is 0 Å². The van der Waals surface area contributed by atoms with Gasteiger partial charge in [-0.15, -0.1) is 11.3 Å². The lowest BCUT2D eigenvalue weighted by Gasteiger charge is -2.40. The molecule has 0 amide bonds. The number of hydrogen-bond donors (Lipinski definition) is 1. The first-order valence-electron chi connectivity index (χ1n) is 8.37. The fourth-order valence-electron chi connectivity index (χ4n) is 3.66. The van der Waals surface area contributed by atoms with Gasteiger partial charge in [-0.2, -0.15) is 0 Å². The average Bonchev–Trinajstić information content (AvgIpc) is 2.90. The summed E-state index contributed by atoms with van der Waals surface area (Å²) in [7, 11) is 0. The minimum Gasteiger partial charge on any atom is -0.348 e. The van der Waals surface area contributed by atoms with Crippen molar-refractivity contribution in [3.05, 3.63) is 10.6 Å². The van der Waals surface area contributed by atoms with E-state index in [1.807, 2.05) is 6.92 Å². The molecule has 0 saturated carbocycles. The van der Waals surface area contributed by atoms with E-state index in [1.54, 1.807) is 11.3 Å². The van der Waals surface area contributed by atoms with Crippen molar-refractivity contribution in [1.82, 2.24) is 9.88 Å². The van der Waals surface area contributed by atoms with Crippen LogP contribution in [0.5, 0.6) is 0 Å². The number of aromatic nitrogens is 1. The van der Waals surface area contributed by atoms with Gasteiger partial charge in [0.1, 0.15) is 0 Å². The summed E-state index contributed by atoms with van der Waals surface area (Å²) < 4.78 is 0. The van der Waals surface area contributed by atoms with Crippen molar-refractivity contribution >= 4 is 16.5 Å². The fraction of sp³-hybridized carbons (Fsp3) is 0.812.